The minimum atomic E-state index is -4.28. The van der Waals surface area contributed by atoms with Crippen LogP contribution in [-0.2, 0) is 32.5 Å². The number of para-hydroxylation sites is 1. The normalized spacial score (nSPS) is 16.7. The van der Waals surface area contributed by atoms with Crippen LogP contribution in [0.3, 0.4) is 0 Å². The van der Waals surface area contributed by atoms with Crippen LogP contribution in [0.2, 0.25) is 0 Å². The molecule has 1 aromatic heterocycles. The molecular weight excluding hydrogens is 576 g/mol. The molecule has 4 rings (SSSR count). The van der Waals surface area contributed by atoms with Crippen molar-refractivity contribution in [3.8, 4) is 0 Å². The number of rotatable bonds is 11. The highest BCUT2D eigenvalue weighted by Gasteiger charge is 2.33. The van der Waals surface area contributed by atoms with Gasteiger partial charge in [0, 0.05) is 26.2 Å². The quantitative estimate of drug-likeness (QED) is 0.314. The van der Waals surface area contributed by atoms with E-state index < -0.39 is 34.0 Å². The molecule has 1 aliphatic carbocycles. The van der Waals surface area contributed by atoms with Crippen molar-refractivity contribution in [1.82, 2.24) is 14.6 Å². The molecule has 1 atom stereocenters. The van der Waals surface area contributed by atoms with Gasteiger partial charge >= 0.3 is 0 Å². The molecule has 0 unspecified atom stereocenters. The van der Waals surface area contributed by atoms with Gasteiger partial charge < -0.3 is 16.0 Å². The number of piperidine rings is 1. The highest BCUT2D eigenvalue weighted by molar-refractivity contribution is 7.89. The highest BCUT2D eigenvalue weighted by Crippen LogP contribution is 2.40. The van der Waals surface area contributed by atoms with Gasteiger partial charge in [-0.2, -0.15) is 13.5 Å². The molecule has 12 heteroatoms. The number of hydrogen-bond acceptors (Lipinski definition) is 6. The van der Waals surface area contributed by atoms with Crippen LogP contribution in [0.5, 0.6) is 0 Å². The minimum absolute atomic E-state index is 0.0211. The molecule has 1 saturated carbocycles. The number of amides is 2. The Hall–Kier alpha value is -3.38. The number of carbonyl (C=O) groups excluding carboxylic acids is 2. The fraction of sp³-hybridized carbons (Fsp3) is 0.516. The summed E-state index contributed by atoms with van der Waals surface area (Å²) in [7, 11) is -4.28. The van der Waals surface area contributed by atoms with Gasteiger partial charge in [0.15, 0.2) is 0 Å². The van der Waals surface area contributed by atoms with Crippen molar-refractivity contribution >= 4 is 33.3 Å². The largest absolute Gasteiger partial charge is 0.384 e. The Morgan fingerprint density at radius 2 is 1.84 bits per heavy atom. The highest BCUT2D eigenvalue weighted by atomic mass is 32.2. The van der Waals surface area contributed by atoms with Crippen molar-refractivity contribution in [2.24, 2.45) is 0 Å². The first-order chi connectivity index (χ1) is 20.5. The van der Waals surface area contributed by atoms with Gasteiger partial charge in [-0.05, 0) is 91.7 Å². The second-order valence-electron chi connectivity index (χ2n) is 11.4. The Labute approximate surface area is 252 Å². The number of nitrogens with two attached hydrogens (primary N) is 1. The molecule has 1 aliphatic heterocycles. The number of benzene rings is 1. The van der Waals surface area contributed by atoms with Gasteiger partial charge in [-0.1, -0.05) is 31.9 Å². The lowest BCUT2D eigenvalue weighted by Crippen LogP contribution is -2.50. The van der Waals surface area contributed by atoms with Gasteiger partial charge in [0.2, 0.25) is 21.8 Å². The van der Waals surface area contributed by atoms with Gasteiger partial charge in [0.05, 0.1) is 5.69 Å². The topological polar surface area (TPSA) is 134 Å². The number of pyridine rings is 1. The third kappa shape index (κ3) is 8.17. The zero-order valence-corrected chi connectivity index (χ0v) is 25.6. The van der Waals surface area contributed by atoms with Crippen molar-refractivity contribution in [3.05, 3.63) is 58.8 Å². The molecule has 9 nitrogen and oxygen atoms in total. The van der Waals surface area contributed by atoms with E-state index in [0.717, 1.165) is 48.8 Å². The number of nitrogen functional groups attached to an aromatic ring is 1. The van der Waals surface area contributed by atoms with Crippen LogP contribution in [0.4, 0.5) is 20.3 Å². The summed E-state index contributed by atoms with van der Waals surface area (Å²) >= 11 is 0. The fourth-order valence-corrected chi connectivity index (χ4v) is 7.56. The predicted octanol–water partition coefficient (Wildman–Crippen LogP) is 5.29. The maximum absolute atomic E-state index is 13.9. The molecule has 0 bridgehead atoms. The van der Waals surface area contributed by atoms with Crippen molar-refractivity contribution < 1.29 is 26.8 Å². The van der Waals surface area contributed by atoms with Crippen LogP contribution in [-0.4, -0.2) is 49.2 Å². The van der Waals surface area contributed by atoms with Gasteiger partial charge in [-0.25, -0.2) is 13.4 Å². The van der Waals surface area contributed by atoms with Crippen LogP contribution in [0.15, 0.2) is 47.0 Å². The minimum Gasteiger partial charge on any atom is -0.384 e. The average Bonchev–Trinajstić information content (AvgIpc) is 3.51. The zero-order chi connectivity index (χ0) is 31.1. The molecule has 2 heterocycles. The van der Waals surface area contributed by atoms with E-state index in [1.165, 1.54) is 17.9 Å². The molecule has 2 fully saturated rings. The standard InChI is InChI=1S/C31H41F2N5O4S/c1-3-21-18-28(34)35-19-24(21)10-6-12-26(31(40)38-16-14-23(15-17-38)30(32)33)37-43(41,42)27-13-7-11-25(22-8-4-5-9-22)29(27)36-20(2)39/h7,11,13,18-19,22,26,37H,3-6,8-10,12,14-17H2,1-2H3,(H2,34,35)(H,36,39)/t26-/m0/s1. The number of likely N-dealkylation sites (tertiary alicyclic amines) is 1. The number of halogens is 2. The van der Waals surface area contributed by atoms with Gasteiger partial charge in [0.1, 0.15) is 16.8 Å². The maximum atomic E-state index is 13.9. The molecule has 234 valence electrons. The summed E-state index contributed by atoms with van der Waals surface area (Å²) < 4.78 is 56.8. The van der Waals surface area contributed by atoms with E-state index in [1.54, 1.807) is 12.3 Å². The first-order valence-corrected chi connectivity index (χ1v) is 16.5. The number of carbonyl (C=O) groups is 2. The Morgan fingerprint density at radius 3 is 2.47 bits per heavy atom. The van der Waals surface area contributed by atoms with Gasteiger partial charge in [0.25, 0.3) is 6.08 Å². The molecule has 0 spiro atoms. The monoisotopic (exact) mass is 617 g/mol. The molecule has 2 aromatic rings. The summed E-state index contributed by atoms with van der Waals surface area (Å²) in [6.07, 6.45) is 5.86. The molecule has 43 heavy (non-hydrogen) atoms. The fourth-order valence-electron chi connectivity index (χ4n) is 6.14. The predicted molar refractivity (Wildman–Crippen MR) is 162 cm³/mol. The van der Waals surface area contributed by atoms with Crippen molar-refractivity contribution in [1.29, 1.82) is 0 Å². The van der Waals surface area contributed by atoms with E-state index in [1.807, 2.05) is 19.1 Å². The number of sulfonamides is 1. The van der Waals surface area contributed by atoms with E-state index in [2.05, 4.69) is 15.0 Å². The summed E-state index contributed by atoms with van der Waals surface area (Å²) in [6.45, 7) is 3.50. The van der Waals surface area contributed by atoms with Crippen molar-refractivity contribution in [2.45, 2.75) is 94.9 Å². The smallest absolute Gasteiger partial charge is 0.269 e. The second kappa shape index (κ2) is 14.4. The summed E-state index contributed by atoms with van der Waals surface area (Å²) in [4.78, 5) is 31.4. The molecule has 0 radical (unpaired) electrons. The number of nitrogens with zero attached hydrogens (tertiary/aromatic N) is 2. The lowest BCUT2D eigenvalue weighted by molar-refractivity contribution is -0.133. The molecule has 1 aromatic carbocycles. The lowest BCUT2D eigenvalue weighted by Gasteiger charge is -2.32. The van der Waals surface area contributed by atoms with Gasteiger partial charge in [-0.15, -0.1) is 0 Å². The maximum Gasteiger partial charge on any atom is 0.269 e. The molecule has 2 aliphatic rings. The van der Waals surface area contributed by atoms with E-state index in [9.17, 15) is 26.8 Å². The van der Waals surface area contributed by atoms with Crippen LogP contribution < -0.4 is 15.8 Å². The zero-order valence-electron chi connectivity index (χ0n) is 24.8. The molecule has 2 amide bonds. The van der Waals surface area contributed by atoms with Crippen molar-refractivity contribution in [3.63, 3.8) is 0 Å². The lowest BCUT2D eigenvalue weighted by atomic mass is 9.96. The number of hydrogen-bond donors (Lipinski definition) is 3. The van der Waals surface area contributed by atoms with Crippen LogP contribution in [0.1, 0.15) is 87.8 Å². The van der Waals surface area contributed by atoms with Crippen LogP contribution in [0, 0.1) is 0 Å². The summed E-state index contributed by atoms with van der Waals surface area (Å²) in [5, 5.41) is 2.74. The number of nitrogens with one attached hydrogen (secondary N) is 2. The Balaban J connectivity index is 1.61. The summed E-state index contributed by atoms with van der Waals surface area (Å²) in [5.41, 5.74) is 8.86. The average molecular weight is 618 g/mol. The third-order valence-corrected chi connectivity index (χ3v) is 9.92. The Bertz CT molecular complexity index is 1460. The number of anilines is 2. The number of aryl methyl sites for hydroxylation is 2. The first kappa shape index (κ1) is 32.5. The molecular formula is C31H41F2N5O4S. The van der Waals surface area contributed by atoms with E-state index >= 15 is 0 Å². The van der Waals surface area contributed by atoms with Crippen molar-refractivity contribution in [2.75, 3.05) is 24.1 Å². The van der Waals surface area contributed by atoms with Crippen LogP contribution in [0.25, 0.3) is 0 Å². The van der Waals surface area contributed by atoms with E-state index in [-0.39, 0.29) is 54.4 Å². The summed E-state index contributed by atoms with van der Waals surface area (Å²) in [5.74, 6) is -0.307. The van der Waals surface area contributed by atoms with E-state index in [0.29, 0.717) is 18.7 Å². The third-order valence-electron chi connectivity index (χ3n) is 8.41. The SMILES string of the molecule is CCc1cc(N)ncc1CCC[C@H](NS(=O)(=O)c1cccc(C2CCCC2)c1NC(C)=O)C(=O)N1CCC(=C(F)F)CC1. The van der Waals surface area contributed by atoms with E-state index in [4.69, 9.17) is 5.73 Å². The molecule has 4 N–H and O–H groups in total. The summed E-state index contributed by atoms with van der Waals surface area (Å²) in [6, 6.07) is 5.62. The first-order valence-electron chi connectivity index (χ1n) is 15.0. The molecule has 1 saturated heterocycles. The number of aromatic nitrogens is 1. The Morgan fingerprint density at radius 1 is 1.14 bits per heavy atom. The second-order valence-corrected chi connectivity index (χ2v) is 13.1. The Kier molecular flexibility index (Phi) is 10.9. The van der Waals surface area contributed by atoms with Gasteiger partial charge in [-0.3, -0.25) is 9.59 Å². The van der Waals surface area contributed by atoms with Crippen LogP contribution >= 0.6 is 0 Å².